The number of hydrogen-bond acceptors (Lipinski definition) is 15. The average Bonchev–Trinajstić information content (AvgIpc) is 3.63. The third-order valence-corrected chi connectivity index (χ3v) is 12.6. The van der Waals surface area contributed by atoms with E-state index in [2.05, 4.69) is 41.2 Å². The van der Waals surface area contributed by atoms with Crippen molar-refractivity contribution in [3.05, 3.63) is 59.4 Å². The molecule has 0 bridgehead atoms. The molecule has 3 aromatic heterocycles. The molecule has 1 fully saturated rings. The van der Waals surface area contributed by atoms with Crippen LogP contribution in [0.2, 0.25) is 0 Å². The van der Waals surface area contributed by atoms with Gasteiger partial charge in [-0.2, -0.15) is 15.0 Å². The smallest absolute Gasteiger partial charge is 0.410 e. The average molecular weight is 1000 g/mol. The molecule has 4 aromatic rings. The van der Waals surface area contributed by atoms with Crippen molar-refractivity contribution in [2.75, 3.05) is 44.0 Å². The summed E-state index contributed by atoms with van der Waals surface area (Å²) in [5.41, 5.74) is 19.2. The van der Waals surface area contributed by atoms with Crippen LogP contribution in [0, 0.1) is 16.7 Å². The molecule has 394 valence electrons. The number of nitrogens with one attached hydrogen (secondary N) is 4. The lowest BCUT2D eigenvalue weighted by atomic mass is 9.87. The van der Waals surface area contributed by atoms with E-state index in [-0.39, 0.29) is 79.3 Å². The van der Waals surface area contributed by atoms with Gasteiger partial charge in [-0.15, -0.1) is 0 Å². The second-order valence-electron chi connectivity index (χ2n) is 20.1. The standard InChI is InChI=1S/C50H75N13O9/c1-8-9-23-71-46-60-40(52)39-41(61-46)63(47(68)59-39)27-35-20-17-33(25-55-35)26-62(36-12-10-13-36)48(69)72-28-32-15-18-34(19-16-32)56-42(64)37(14-11-22-54-45(53)67)57-43(65)38(31(2)3)58-44(66)50(6,7)21-24-70-30-49(4,5)29-51/h15-20,25,31,36-38H,8-14,21-24,26-30,51H2,1-7H3,(H,56,64)(H,57,65)(H,58,66)(H,59,68)(H2,52,60,61)(H3,53,54,67)/t37-,38-/m0/s1. The van der Waals surface area contributed by atoms with Crippen molar-refractivity contribution < 1.29 is 43.3 Å². The van der Waals surface area contributed by atoms with Crippen LogP contribution in [0.5, 0.6) is 12.0 Å². The van der Waals surface area contributed by atoms with E-state index in [0.717, 1.165) is 37.7 Å². The van der Waals surface area contributed by atoms with Gasteiger partial charge in [0.05, 0.1) is 32.0 Å². The summed E-state index contributed by atoms with van der Waals surface area (Å²) < 4.78 is 18.8. The number of pyridine rings is 1. The van der Waals surface area contributed by atoms with E-state index in [4.69, 9.17) is 31.4 Å². The molecule has 3 heterocycles. The minimum absolute atomic E-state index is 0.00612. The molecule has 0 radical (unpaired) electrons. The molecule has 5 rings (SSSR count). The lowest BCUT2D eigenvalue weighted by Gasteiger charge is -2.36. The van der Waals surface area contributed by atoms with Crippen molar-refractivity contribution in [1.82, 2.24) is 45.4 Å². The number of hydrogen-bond donors (Lipinski definition) is 8. The lowest BCUT2D eigenvalue weighted by Crippen LogP contribution is -2.56. The van der Waals surface area contributed by atoms with Crippen LogP contribution in [0.3, 0.4) is 0 Å². The molecule has 72 heavy (non-hydrogen) atoms. The largest absolute Gasteiger partial charge is 0.480 e. The number of benzene rings is 1. The van der Waals surface area contributed by atoms with Crippen LogP contribution in [0.1, 0.15) is 117 Å². The first kappa shape index (κ1) is 56.1. The molecule has 0 unspecified atom stereocenters. The van der Waals surface area contributed by atoms with Gasteiger partial charge in [-0.25, -0.2) is 9.59 Å². The van der Waals surface area contributed by atoms with E-state index in [1.807, 2.05) is 26.8 Å². The zero-order chi connectivity index (χ0) is 52.6. The Balaban J connectivity index is 1.17. The molecule has 22 heteroatoms. The Hall–Kier alpha value is -6.81. The first-order valence-electron chi connectivity index (χ1n) is 24.7. The number of amides is 6. The van der Waals surface area contributed by atoms with Gasteiger partial charge in [0.15, 0.2) is 17.0 Å². The Morgan fingerprint density at radius 3 is 2.29 bits per heavy atom. The van der Waals surface area contributed by atoms with Gasteiger partial charge in [0.25, 0.3) is 6.01 Å². The van der Waals surface area contributed by atoms with Gasteiger partial charge < -0.3 is 62.7 Å². The zero-order valence-electron chi connectivity index (χ0n) is 42.8. The van der Waals surface area contributed by atoms with Gasteiger partial charge in [0, 0.05) is 41.9 Å². The van der Waals surface area contributed by atoms with E-state index in [1.165, 1.54) is 4.57 Å². The molecule has 0 aliphatic heterocycles. The highest BCUT2D eigenvalue weighted by Gasteiger charge is 2.35. The van der Waals surface area contributed by atoms with Crippen LogP contribution in [0.15, 0.2) is 42.6 Å². The summed E-state index contributed by atoms with van der Waals surface area (Å²) in [6.07, 6.45) is 6.52. The molecule has 6 amide bonds. The van der Waals surface area contributed by atoms with Crippen LogP contribution in [-0.4, -0.2) is 115 Å². The van der Waals surface area contributed by atoms with E-state index >= 15 is 0 Å². The van der Waals surface area contributed by atoms with Crippen molar-refractivity contribution in [1.29, 1.82) is 0 Å². The quantitative estimate of drug-likeness (QED) is 0.0353. The Morgan fingerprint density at radius 1 is 0.944 bits per heavy atom. The molecular weight excluding hydrogens is 927 g/mol. The van der Waals surface area contributed by atoms with Crippen LogP contribution in [0.4, 0.5) is 21.1 Å². The highest BCUT2D eigenvalue weighted by atomic mass is 16.6. The number of rotatable bonds is 28. The van der Waals surface area contributed by atoms with Crippen molar-refractivity contribution in [3.8, 4) is 12.0 Å². The number of carbonyl (C=O) groups excluding carboxylic acids is 5. The molecule has 0 saturated heterocycles. The van der Waals surface area contributed by atoms with Gasteiger partial charge in [0.1, 0.15) is 18.7 Å². The number of unbranched alkanes of at least 4 members (excludes halogenated alkanes) is 1. The maximum atomic E-state index is 13.8. The van der Waals surface area contributed by atoms with Gasteiger partial charge in [-0.05, 0) is 86.7 Å². The third kappa shape index (κ3) is 16.4. The summed E-state index contributed by atoms with van der Waals surface area (Å²) in [7, 11) is 0. The maximum Gasteiger partial charge on any atom is 0.410 e. The molecule has 2 atom stereocenters. The number of imidazole rings is 1. The summed E-state index contributed by atoms with van der Waals surface area (Å²) in [6, 6.07) is 7.57. The molecule has 22 nitrogen and oxygen atoms in total. The number of nitrogens with two attached hydrogens (primary N) is 3. The summed E-state index contributed by atoms with van der Waals surface area (Å²) in [4.78, 5) is 85.1. The van der Waals surface area contributed by atoms with Gasteiger partial charge in [-0.3, -0.25) is 23.9 Å². The second kappa shape index (κ2) is 26.1. The number of aromatic nitrogens is 5. The minimum Gasteiger partial charge on any atom is -0.480 e. The van der Waals surface area contributed by atoms with Crippen molar-refractivity contribution in [2.24, 2.45) is 28.2 Å². The lowest BCUT2D eigenvalue weighted by molar-refractivity contribution is -0.136. The van der Waals surface area contributed by atoms with Gasteiger partial charge in [-0.1, -0.05) is 73.1 Å². The summed E-state index contributed by atoms with van der Waals surface area (Å²) in [5.74, 6) is -1.61. The predicted molar refractivity (Wildman–Crippen MR) is 271 cm³/mol. The topological polar surface area (TPSA) is 319 Å². The third-order valence-electron chi connectivity index (χ3n) is 12.6. The molecule has 1 aliphatic rings. The van der Waals surface area contributed by atoms with Crippen LogP contribution in [0.25, 0.3) is 11.2 Å². The maximum absolute atomic E-state index is 13.8. The molecule has 1 aromatic carbocycles. The highest BCUT2D eigenvalue weighted by Crippen LogP contribution is 2.29. The van der Waals surface area contributed by atoms with Crippen molar-refractivity contribution >= 4 is 52.5 Å². The fourth-order valence-corrected chi connectivity index (χ4v) is 7.46. The SMILES string of the molecule is CCCCOc1nc(N)c2nc(O)n(Cc3ccc(CN(C(=O)OCc4ccc(NC(=O)[C@H](CCCNC(N)=O)NC(=O)[C@@H](NC(=O)C(C)(C)CCOCC(C)(C)CN)C(C)C)cc4)C4CCC4)cn3)c2n1. The van der Waals surface area contributed by atoms with Crippen LogP contribution in [-0.2, 0) is 43.6 Å². The first-order chi connectivity index (χ1) is 34.2. The highest BCUT2D eigenvalue weighted by molar-refractivity contribution is 5.98. The number of primary amides is 1. The first-order valence-corrected chi connectivity index (χ1v) is 24.7. The Morgan fingerprint density at radius 2 is 1.67 bits per heavy atom. The van der Waals surface area contributed by atoms with E-state index in [0.29, 0.717) is 61.8 Å². The number of ether oxygens (including phenoxy) is 3. The Kier molecular flexibility index (Phi) is 20.3. The van der Waals surface area contributed by atoms with Gasteiger partial charge >= 0.3 is 18.1 Å². The van der Waals surface area contributed by atoms with Crippen molar-refractivity contribution in [3.63, 3.8) is 0 Å². The van der Waals surface area contributed by atoms with Crippen LogP contribution < -0.4 is 43.2 Å². The van der Waals surface area contributed by atoms with Crippen LogP contribution >= 0.6 is 0 Å². The predicted octanol–water partition coefficient (Wildman–Crippen LogP) is 4.86. The summed E-state index contributed by atoms with van der Waals surface area (Å²) in [5, 5.41) is 21.7. The molecule has 11 N–H and O–H groups in total. The van der Waals surface area contributed by atoms with E-state index < -0.39 is 41.4 Å². The number of nitrogens with zero attached hydrogens (tertiary/aromatic N) is 6. The number of fused-ring (bicyclic) bond motifs is 1. The molecule has 0 spiro atoms. The van der Waals surface area contributed by atoms with E-state index in [1.54, 1.807) is 69.1 Å². The molecule has 1 saturated carbocycles. The Bertz CT molecular complexity index is 2440. The number of nitrogen functional groups attached to an aromatic ring is 1. The Labute approximate surface area is 421 Å². The normalized spacial score (nSPS) is 13.7. The number of aromatic hydroxyl groups is 1. The second-order valence-corrected chi connectivity index (χ2v) is 20.1. The van der Waals surface area contributed by atoms with E-state index in [9.17, 15) is 29.1 Å². The number of anilines is 2. The zero-order valence-corrected chi connectivity index (χ0v) is 42.8. The summed E-state index contributed by atoms with van der Waals surface area (Å²) >= 11 is 0. The molecule has 1 aliphatic carbocycles. The molecular formula is C50H75N13O9. The minimum atomic E-state index is -1.04. The van der Waals surface area contributed by atoms with Crippen molar-refractivity contribution in [2.45, 2.75) is 138 Å². The number of carbonyl (C=O) groups is 5. The fourth-order valence-electron chi connectivity index (χ4n) is 7.46. The summed E-state index contributed by atoms with van der Waals surface area (Å²) in [6.45, 7) is 15.4. The van der Waals surface area contributed by atoms with Gasteiger partial charge in [0.2, 0.25) is 17.7 Å². The monoisotopic (exact) mass is 1000 g/mol. The fraction of sp³-hybridized carbons (Fsp3) is 0.580. The number of urea groups is 1.